The third kappa shape index (κ3) is 3.19. The molecule has 0 amide bonds. The van der Waals surface area contributed by atoms with Crippen molar-refractivity contribution in [2.45, 2.75) is 26.7 Å². The van der Waals surface area contributed by atoms with E-state index in [4.69, 9.17) is 22.1 Å². The predicted molar refractivity (Wildman–Crippen MR) is 83.0 cm³/mol. The maximum Gasteiger partial charge on any atom is 0.340 e. The average Bonchev–Trinajstić information content (AvgIpc) is 2.87. The molecule has 5 nitrogen and oxygen atoms in total. The first kappa shape index (κ1) is 15.4. The smallest absolute Gasteiger partial charge is 0.340 e. The van der Waals surface area contributed by atoms with E-state index in [1.165, 1.54) is 0 Å². The van der Waals surface area contributed by atoms with Crippen LogP contribution >= 0.6 is 11.6 Å². The lowest BCUT2D eigenvalue weighted by Gasteiger charge is -2.12. The summed E-state index contributed by atoms with van der Waals surface area (Å²) in [6, 6.07) is 5.04. The van der Waals surface area contributed by atoms with Gasteiger partial charge in [0.1, 0.15) is 0 Å². The Bertz CT molecular complexity index is 665. The maximum atomic E-state index is 12.1. The summed E-state index contributed by atoms with van der Waals surface area (Å²) in [6.07, 6.45) is 1.77. The Hall–Kier alpha value is -2.01. The number of carbonyl (C=O) groups is 1. The molecule has 2 aromatic rings. The fourth-order valence-electron chi connectivity index (χ4n) is 1.99. The molecule has 1 heterocycles. The van der Waals surface area contributed by atoms with Gasteiger partial charge in [0.05, 0.1) is 28.6 Å². The first-order valence-electron chi connectivity index (χ1n) is 6.76. The van der Waals surface area contributed by atoms with E-state index in [-0.39, 0.29) is 12.5 Å². The van der Waals surface area contributed by atoms with Gasteiger partial charge in [0.2, 0.25) is 0 Å². The first-order chi connectivity index (χ1) is 9.93. The van der Waals surface area contributed by atoms with Crippen molar-refractivity contribution < 1.29 is 9.53 Å². The molecule has 0 aliphatic carbocycles. The topological polar surface area (TPSA) is 70.1 Å². The van der Waals surface area contributed by atoms with Crippen LogP contribution in [0.2, 0.25) is 5.02 Å². The molecule has 0 bridgehead atoms. The Kier molecular flexibility index (Phi) is 4.53. The Morgan fingerprint density at radius 2 is 2.19 bits per heavy atom. The van der Waals surface area contributed by atoms with Crippen LogP contribution in [-0.2, 0) is 4.74 Å². The lowest BCUT2D eigenvalue weighted by Crippen LogP contribution is -2.12. The minimum absolute atomic E-state index is 0.279. The third-order valence-electron chi connectivity index (χ3n) is 3.01. The van der Waals surface area contributed by atoms with E-state index >= 15 is 0 Å². The minimum Gasteiger partial charge on any atom is -0.462 e. The lowest BCUT2D eigenvalue weighted by molar-refractivity contribution is 0.0526. The number of halogens is 1. The monoisotopic (exact) mass is 307 g/mol. The van der Waals surface area contributed by atoms with E-state index < -0.39 is 5.97 Å². The van der Waals surface area contributed by atoms with Gasteiger partial charge in [0.25, 0.3) is 0 Å². The molecular formula is C15H18ClN3O2. The third-order valence-corrected chi connectivity index (χ3v) is 3.30. The number of hydrogen-bond donors (Lipinski definition) is 1. The number of carbonyl (C=O) groups excluding carboxylic acids is 1. The van der Waals surface area contributed by atoms with Crippen molar-refractivity contribution in [3.05, 3.63) is 40.7 Å². The number of ether oxygens (including phenoxy) is 1. The van der Waals surface area contributed by atoms with Gasteiger partial charge in [-0.2, -0.15) is 5.10 Å². The summed E-state index contributed by atoms with van der Waals surface area (Å²) in [5, 5.41) is 4.82. The van der Waals surface area contributed by atoms with Gasteiger partial charge in [-0.1, -0.05) is 25.4 Å². The number of nitrogens with two attached hydrogens (primary N) is 1. The van der Waals surface area contributed by atoms with Crippen molar-refractivity contribution in [3.8, 4) is 5.69 Å². The van der Waals surface area contributed by atoms with Crippen molar-refractivity contribution in [1.82, 2.24) is 9.78 Å². The van der Waals surface area contributed by atoms with E-state index in [1.807, 2.05) is 19.9 Å². The normalized spacial score (nSPS) is 10.9. The Labute approximate surface area is 128 Å². The zero-order chi connectivity index (χ0) is 15.6. The molecule has 2 N–H and O–H groups in total. The fraction of sp³-hybridized carbons (Fsp3) is 0.333. The van der Waals surface area contributed by atoms with Gasteiger partial charge in [0, 0.05) is 11.9 Å². The van der Waals surface area contributed by atoms with Gasteiger partial charge >= 0.3 is 5.97 Å². The molecule has 0 fully saturated rings. The number of aromatic nitrogens is 2. The number of rotatable bonds is 4. The molecular weight excluding hydrogens is 290 g/mol. The van der Waals surface area contributed by atoms with Crippen LogP contribution in [-0.4, -0.2) is 22.4 Å². The van der Waals surface area contributed by atoms with E-state index in [2.05, 4.69) is 5.10 Å². The van der Waals surface area contributed by atoms with Gasteiger partial charge < -0.3 is 10.5 Å². The highest BCUT2D eigenvalue weighted by Gasteiger charge is 2.19. The summed E-state index contributed by atoms with van der Waals surface area (Å²) in [7, 11) is 0. The molecule has 0 saturated carbocycles. The van der Waals surface area contributed by atoms with E-state index in [0.717, 1.165) is 5.69 Å². The Morgan fingerprint density at radius 1 is 1.48 bits per heavy atom. The Morgan fingerprint density at radius 3 is 2.76 bits per heavy atom. The molecule has 6 heteroatoms. The SMILES string of the molecule is CCOC(=O)c1cc(N)cc(Cl)c1-n1ccc(C(C)C)n1. The van der Waals surface area contributed by atoms with E-state index in [1.54, 1.807) is 29.9 Å². The van der Waals surface area contributed by atoms with Crippen LogP contribution in [0.15, 0.2) is 24.4 Å². The van der Waals surface area contributed by atoms with Crippen LogP contribution in [0.3, 0.4) is 0 Å². The quantitative estimate of drug-likeness (QED) is 0.694. The number of nitrogen functional groups attached to an aromatic ring is 1. The fourth-order valence-corrected chi connectivity index (χ4v) is 2.30. The Balaban J connectivity index is 2.57. The predicted octanol–water partition coefficient (Wildman–Crippen LogP) is 3.41. The summed E-state index contributed by atoms with van der Waals surface area (Å²) in [6.45, 7) is 6.12. The number of esters is 1. The molecule has 0 aliphatic rings. The summed E-state index contributed by atoms with van der Waals surface area (Å²) in [4.78, 5) is 12.1. The van der Waals surface area contributed by atoms with Crippen LogP contribution in [0, 0.1) is 0 Å². The molecule has 0 aliphatic heterocycles. The van der Waals surface area contributed by atoms with Crippen LogP contribution in [0.4, 0.5) is 5.69 Å². The van der Waals surface area contributed by atoms with Gasteiger partial charge in [0.15, 0.2) is 0 Å². The molecule has 21 heavy (non-hydrogen) atoms. The number of hydrogen-bond acceptors (Lipinski definition) is 4. The summed E-state index contributed by atoms with van der Waals surface area (Å²) in [5.41, 5.74) is 7.88. The van der Waals surface area contributed by atoms with E-state index in [9.17, 15) is 4.79 Å². The van der Waals surface area contributed by atoms with Gasteiger partial charge in [-0.3, -0.25) is 0 Å². The van der Waals surface area contributed by atoms with Crippen molar-refractivity contribution >= 4 is 23.3 Å². The summed E-state index contributed by atoms with van der Waals surface area (Å²) >= 11 is 6.25. The van der Waals surface area contributed by atoms with Crippen molar-refractivity contribution in [1.29, 1.82) is 0 Å². The maximum absolute atomic E-state index is 12.1. The van der Waals surface area contributed by atoms with Gasteiger partial charge in [-0.15, -0.1) is 0 Å². The molecule has 1 aromatic carbocycles. The standard InChI is InChI=1S/C15H18ClN3O2/c1-4-21-15(20)11-7-10(17)8-12(16)14(11)19-6-5-13(18-19)9(2)3/h5-9H,4,17H2,1-3H3. The highest BCUT2D eigenvalue weighted by atomic mass is 35.5. The molecule has 2 rings (SSSR count). The summed E-state index contributed by atoms with van der Waals surface area (Å²) < 4.78 is 6.65. The van der Waals surface area contributed by atoms with Crippen molar-refractivity contribution in [3.63, 3.8) is 0 Å². The second-order valence-corrected chi connectivity index (χ2v) is 5.37. The largest absolute Gasteiger partial charge is 0.462 e. The molecule has 1 aromatic heterocycles. The molecule has 0 unspecified atom stereocenters. The summed E-state index contributed by atoms with van der Waals surface area (Å²) in [5.74, 6) is -0.187. The molecule has 112 valence electrons. The zero-order valence-corrected chi connectivity index (χ0v) is 13.0. The molecule has 0 radical (unpaired) electrons. The first-order valence-corrected chi connectivity index (χ1v) is 7.14. The molecule has 0 saturated heterocycles. The minimum atomic E-state index is -0.469. The molecule has 0 atom stereocenters. The van der Waals surface area contributed by atoms with Crippen molar-refractivity contribution in [2.75, 3.05) is 12.3 Å². The number of anilines is 1. The molecule has 0 spiro atoms. The van der Waals surface area contributed by atoms with Crippen LogP contribution in [0.5, 0.6) is 0 Å². The van der Waals surface area contributed by atoms with Crippen LogP contribution in [0.25, 0.3) is 5.69 Å². The highest BCUT2D eigenvalue weighted by Crippen LogP contribution is 2.28. The highest BCUT2D eigenvalue weighted by molar-refractivity contribution is 6.33. The van der Waals surface area contributed by atoms with Crippen LogP contribution < -0.4 is 5.73 Å². The van der Waals surface area contributed by atoms with Crippen LogP contribution in [0.1, 0.15) is 42.7 Å². The number of benzene rings is 1. The second-order valence-electron chi connectivity index (χ2n) is 4.96. The van der Waals surface area contributed by atoms with Crippen molar-refractivity contribution in [2.24, 2.45) is 0 Å². The lowest BCUT2D eigenvalue weighted by atomic mass is 10.1. The number of nitrogens with zero attached hydrogens (tertiary/aromatic N) is 2. The zero-order valence-electron chi connectivity index (χ0n) is 12.3. The van der Waals surface area contributed by atoms with E-state index in [0.29, 0.717) is 22.0 Å². The van der Waals surface area contributed by atoms with Gasteiger partial charge in [-0.05, 0) is 31.0 Å². The second kappa shape index (κ2) is 6.18. The average molecular weight is 308 g/mol. The van der Waals surface area contributed by atoms with Gasteiger partial charge in [-0.25, -0.2) is 9.48 Å².